The van der Waals surface area contributed by atoms with Crippen LogP contribution < -0.4 is 0 Å². The molecular formula is C20H30N2. The summed E-state index contributed by atoms with van der Waals surface area (Å²) in [4.78, 5) is 5.34. The van der Waals surface area contributed by atoms with E-state index in [1.165, 1.54) is 57.4 Å². The highest BCUT2D eigenvalue weighted by atomic mass is 15.3. The number of benzene rings is 1. The molecule has 2 nitrogen and oxygen atoms in total. The first-order valence-corrected chi connectivity index (χ1v) is 8.99. The Kier molecular flexibility index (Phi) is 5.69. The summed E-state index contributed by atoms with van der Waals surface area (Å²) in [6, 6.07) is 11.5. The molecule has 2 heteroatoms. The summed E-state index contributed by atoms with van der Waals surface area (Å²) in [5, 5.41) is 0. The van der Waals surface area contributed by atoms with Gasteiger partial charge >= 0.3 is 0 Å². The summed E-state index contributed by atoms with van der Waals surface area (Å²) >= 11 is 0. The van der Waals surface area contributed by atoms with Crippen LogP contribution >= 0.6 is 0 Å². The Morgan fingerprint density at radius 2 is 1.82 bits per heavy atom. The first-order chi connectivity index (χ1) is 10.8. The molecule has 0 bridgehead atoms. The minimum atomic E-state index is 0.866. The van der Waals surface area contributed by atoms with Gasteiger partial charge in [0.05, 0.1) is 0 Å². The Morgan fingerprint density at radius 3 is 2.55 bits per heavy atom. The summed E-state index contributed by atoms with van der Waals surface area (Å²) in [5.74, 6) is 0.936. The molecule has 2 fully saturated rings. The van der Waals surface area contributed by atoms with Crippen molar-refractivity contribution in [2.45, 2.75) is 38.6 Å². The monoisotopic (exact) mass is 298 g/mol. The van der Waals surface area contributed by atoms with Crippen molar-refractivity contribution in [3.8, 4) is 0 Å². The number of nitrogens with zero attached hydrogens (tertiary/aromatic N) is 2. The van der Waals surface area contributed by atoms with Crippen molar-refractivity contribution in [2.75, 3.05) is 32.7 Å². The number of hydrogen-bond donors (Lipinski definition) is 0. The van der Waals surface area contributed by atoms with Crippen LogP contribution in [0.5, 0.6) is 0 Å². The van der Waals surface area contributed by atoms with E-state index in [4.69, 9.17) is 0 Å². The largest absolute Gasteiger partial charge is 0.298 e. The zero-order valence-electron chi connectivity index (χ0n) is 14.0. The van der Waals surface area contributed by atoms with Crippen LogP contribution in [0.25, 0.3) is 6.08 Å². The van der Waals surface area contributed by atoms with E-state index in [2.05, 4.69) is 59.2 Å². The second-order valence-electron chi connectivity index (χ2n) is 7.08. The van der Waals surface area contributed by atoms with Gasteiger partial charge in [0.1, 0.15) is 0 Å². The highest BCUT2D eigenvalue weighted by Crippen LogP contribution is 2.27. The molecule has 3 rings (SSSR count). The van der Waals surface area contributed by atoms with E-state index in [1.54, 1.807) is 0 Å². The van der Waals surface area contributed by atoms with Gasteiger partial charge in [0.2, 0.25) is 0 Å². The van der Waals surface area contributed by atoms with Crippen molar-refractivity contribution < 1.29 is 0 Å². The summed E-state index contributed by atoms with van der Waals surface area (Å²) in [6.45, 7) is 8.49. The van der Waals surface area contributed by atoms with E-state index < -0.39 is 0 Å². The van der Waals surface area contributed by atoms with Crippen LogP contribution in [0.1, 0.15) is 38.2 Å². The zero-order chi connectivity index (χ0) is 15.2. The van der Waals surface area contributed by atoms with Gasteiger partial charge in [0.25, 0.3) is 0 Å². The second-order valence-corrected chi connectivity index (χ2v) is 7.08. The van der Waals surface area contributed by atoms with Crippen LogP contribution in [-0.2, 0) is 0 Å². The second kappa shape index (κ2) is 7.94. The minimum absolute atomic E-state index is 0.866. The first-order valence-electron chi connectivity index (χ1n) is 8.99. The van der Waals surface area contributed by atoms with Crippen molar-refractivity contribution in [1.29, 1.82) is 0 Å². The van der Waals surface area contributed by atoms with Gasteiger partial charge < -0.3 is 0 Å². The minimum Gasteiger partial charge on any atom is -0.298 e. The zero-order valence-corrected chi connectivity index (χ0v) is 14.0. The Hall–Kier alpha value is -1.12. The van der Waals surface area contributed by atoms with E-state index in [9.17, 15) is 0 Å². The Labute approximate surface area is 135 Å². The van der Waals surface area contributed by atoms with Gasteiger partial charge in [-0.3, -0.25) is 9.80 Å². The molecular weight excluding hydrogens is 268 g/mol. The van der Waals surface area contributed by atoms with Crippen molar-refractivity contribution in [3.63, 3.8) is 0 Å². The molecule has 1 aromatic carbocycles. The van der Waals surface area contributed by atoms with Crippen LogP contribution in [-0.4, -0.2) is 48.6 Å². The lowest BCUT2D eigenvalue weighted by molar-refractivity contribution is 0.0740. The average Bonchev–Trinajstić information content (AvgIpc) is 2.56. The average molecular weight is 298 g/mol. The van der Waals surface area contributed by atoms with Gasteiger partial charge in [-0.15, -0.1) is 0 Å². The normalized spacial score (nSPS) is 28.2. The number of hydrogen-bond acceptors (Lipinski definition) is 2. The highest BCUT2D eigenvalue weighted by molar-refractivity contribution is 5.48. The molecule has 2 aliphatic rings. The van der Waals surface area contributed by atoms with Crippen LogP contribution in [0.15, 0.2) is 36.4 Å². The Morgan fingerprint density at radius 1 is 1.05 bits per heavy atom. The van der Waals surface area contributed by atoms with Crippen molar-refractivity contribution in [1.82, 2.24) is 9.80 Å². The van der Waals surface area contributed by atoms with Gasteiger partial charge in [-0.25, -0.2) is 0 Å². The van der Waals surface area contributed by atoms with Gasteiger partial charge in [-0.1, -0.05) is 62.2 Å². The van der Waals surface area contributed by atoms with Crippen molar-refractivity contribution in [3.05, 3.63) is 42.0 Å². The smallest absolute Gasteiger partial charge is 0.0167 e. The lowest BCUT2D eigenvalue weighted by Crippen LogP contribution is -2.51. The van der Waals surface area contributed by atoms with E-state index in [0.717, 1.165) is 18.5 Å². The molecule has 120 valence electrons. The molecule has 0 N–H and O–H groups in total. The van der Waals surface area contributed by atoms with E-state index in [0.29, 0.717) is 0 Å². The van der Waals surface area contributed by atoms with E-state index in [1.807, 2.05) is 0 Å². The predicted octanol–water partition coefficient (Wildman–Crippen LogP) is 3.90. The molecule has 22 heavy (non-hydrogen) atoms. The predicted molar refractivity (Wildman–Crippen MR) is 94.9 cm³/mol. The summed E-state index contributed by atoms with van der Waals surface area (Å²) < 4.78 is 0. The van der Waals surface area contributed by atoms with Crippen LogP contribution in [0.4, 0.5) is 0 Å². The summed E-state index contributed by atoms with van der Waals surface area (Å²) in [7, 11) is 0. The van der Waals surface area contributed by atoms with Crippen LogP contribution in [0.2, 0.25) is 0 Å². The van der Waals surface area contributed by atoms with Crippen LogP contribution in [0.3, 0.4) is 0 Å². The standard InChI is InChI=1S/C20H30N2/c1-18-7-5-11-20(17-18)22-15-13-21(14-16-22)12-6-10-19-8-3-2-4-9-19/h2-4,6,8-10,18,20H,5,7,11-17H2,1H3/t18-,20-/m0/s1. The maximum absolute atomic E-state index is 2.76. The first kappa shape index (κ1) is 15.8. The van der Waals surface area contributed by atoms with Crippen molar-refractivity contribution >= 4 is 6.08 Å². The molecule has 1 saturated carbocycles. The molecule has 0 unspecified atom stereocenters. The molecule has 2 atom stereocenters. The van der Waals surface area contributed by atoms with Gasteiger partial charge in [-0.05, 0) is 24.3 Å². The third kappa shape index (κ3) is 4.44. The van der Waals surface area contributed by atoms with Gasteiger partial charge in [0.15, 0.2) is 0 Å². The SMILES string of the molecule is C[C@H]1CCC[C@H](N2CCN(CC=Cc3ccccc3)CC2)C1. The molecule has 0 radical (unpaired) electrons. The van der Waals surface area contributed by atoms with Gasteiger partial charge in [-0.2, -0.15) is 0 Å². The fourth-order valence-corrected chi connectivity index (χ4v) is 3.95. The Bertz CT molecular complexity index is 460. The lowest BCUT2D eigenvalue weighted by atomic mass is 9.86. The van der Waals surface area contributed by atoms with E-state index in [-0.39, 0.29) is 0 Å². The molecule has 1 heterocycles. The topological polar surface area (TPSA) is 6.48 Å². The van der Waals surface area contributed by atoms with E-state index >= 15 is 0 Å². The molecule has 0 aromatic heterocycles. The highest BCUT2D eigenvalue weighted by Gasteiger charge is 2.27. The molecule has 1 aliphatic carbocycles. The quantitative estimate of drug-likeness (QED) is 0.832. The molecule has 0 spiro atoms. The third-order valence-corrected chi connectivity index (χ3v) is 5.31. The van der Waals surface area contributed by atoms with Crippen LogP contribution in [0, 0.1) is 5.92 Å². The fourth-order valence-electron chi connectivity index (χ4n) is 3.95. The molecule has 1 aliphatic heterocycles. The maximum Gasteiger partial charge on any atom is 0.0167 e. The fraction of sp³-hybridized carbons (Fsp3) is 0.600. The maximum atomic E-state index is 2.76. The number of rotatable bonds is 4. The molecule has 1 saturated heterocycles. The number of piperazine rings is 1. The lowest BCUT2D eigenvalue weighted by Gasteiger charge is -2.41. The van der Waals surface area contributed by atoms with Crippen molar-refractivity contribution in [2.24, 2.45) is 5.92 Å². The van der Waals surface area contributed by atoms with Gasteiger partial charge in [0, 0.05) is 38.8 Å². The Balaban J connectivity index is 1.41. The third-order valence-electron chi connectivity index (χ3n) is 5.31. The molecule has 1 aromatic rings. The summed E-state index contributed by atoms with van der Waals surface area (Å²) in [5.41, 5.74) is 1.30. The summed E-state index contributed by atoms with van der Waals surface area (Å²) in [6.07, 6.45) is 10.3. The molecule has 0 amide bonds.